The van der Waals surface area contributed by atoms with Crippen molar-refractivity contribution in [3.8, 4) is 11.5 Å². The minimum Gasteiger partial charge on any atom is -0.493 e. The van der Waals surface area contributed by atoms with Crippen LogP contribution in [0.4, 0.5) is 5.69 Å². The van der Waals surface area contributed by atoms with Crippen LogP contribution in [-0.2, 0) is 19.1 Å². The van der Waals surface area contributed by atoms with E-state index in [1.54, 1.807) is 6.92 Å². The molecule has 32 heavy (non-hydrogen) atoms. The number of methoxy groups -OCH3 is 1. The van der Waals surface area contributed by atoms with Gasteiger partial charge < -0.3 is 14.2 Å². The zero-order chi connectivity index (χ0) is 23.0. The Labute approximate surface area is 182 Å². The van der Waals surface area contributed by atoms with Crippen LogP contribution < -0.4 is 9.47 Å². The Morgan fingerprint density at radius 2 is 1.91 bits per heavy atom. The first kappa shape index (κ1) is 21.5. The summed E-state index contributed by atoms with van der Waals surface area (Å²) >= 11 is 0. The van der Waals surface area contributed by atoms with Gasteiger partial charge in [-0.25, -0.2) is 4.79 Å². The molecule has 2 aliphatic carbocycles. The molecule has 0 N–H and O–H groups in total. The van der Waals surface area contributed by atoms with Crippen LogP contribution in [0.3, 0.4) is 0 Å². The van der Waals surface area contributed by atoms with Crippen LogP contribution >= 0.6 is 0 Å². The number of allylic oxidation sites excluding steroid dienone is 2. The van der Waals surface area contributed by atoms with Gasteiger partial charge in [0.2, 0.25) is 5.75 Å². The number of esters is 1. The second kappa shape index (κ2) is 8.40. The van der Waals surface area contributed by atoms with Gasteiger partial charge in [0.25, 0.3) is 11.8 Å². The highest BCUT2D eigenvalue weighted by Crippen LogP contribution is 2.52. The van der Waals surface area contributed by atoms with E-state index in [0.29, 0.717) is 0 Å². The first-order chi connectivity index (χ1) is 15.3. The van der Waals surface area contributed by atoms with Crippen molar-refractivity contribution in [3.63, 3.8) is 0 Å². The molecule has 1 aliphatic heterocycles. The van der Waals surface area contributed by atoms with E-state index in [9.17, 15) is 24.5 Å². The molecule has 0 spiro atoms. The Bertz CT molecular complexity index is 1020. The van der Waals surface area contributed by atoms with Crippen LogP contribution in [0.5, 0.6) is 11.5 Å². The monoisotopic (exact) mass is 443 g/mol. The molecule has 1 saturated carbocycles. The number of carbonyl (C=O) groups is 3. The SMILES string of the molecule is CCOC(=O)COc1c(OC)cc(C=NN2C(=O)[C@@H]3[C@H](C2=O)[C@H]2C=C[C@H]3C2)cc1[N+](=O)[O-]. The van der Waals surface area contributed by atoms with Gasteiger partial charge >= 0.3 is 11.7 Å². The number of imide groups is 1. The molecule has 168 valence electrons. The van der Waals surface area contributed by atoms with E-state index in [2.05, 4.69) is 5.10 Å². The van der Waals surface area contributed by atoms with Gasteiger partial charge in [0, 0.05) is 11.6 Å². The van der Waals surface area contributed by atoms with Crippen molar-refractivity contribution in [2.24, 2.45) is 28.8 Å². The predicted octanol–water partition coefficient (Wildman–Crippen LogP) is 1.69. The molecule has 2 bridgehead atoms. The smallest absolute Gasteiger partial charge is 0.344 e. The molecular weight excluding hydrogens is 422 g/mol. The van der Waals surface area contributed by atoms with Crippen molar-refractivity contribution in [2.75, 3.05) is 20.3 Å². The Hall–Kier alpha value is -3.76. The highest BCUT2D eigenvalue weighted by atomic mass is 16.6. The second-order valence-electron chi connectivity index (χ2n) is 7.65. The highest BCUT2D eigenvalue weighted by Gasteiger charge is 2.59. The molecule has 1 aromatic rings. The summed E-state index contributed by atoms with van der Waals surface area (Å²) in [6.07, 6.45) is 5.96. The van der Waals surface area contributed by atoms with Gasteiger partial charge in [-0.15, -0.1) is 0 Å². The van der Waals surface area contributed by atoms with Crippen molar-refractivity contribution >= 4 is 29.7 Å². The Morgan fingerprint density at radius 3 is 2.47 bits per heavy atom. The molecule has 11 nitrogen and oxygen atoms in total. The maximum absolute atomic E-state index is 12.7. The molecular formula is C21H21N3O8. The van der Waals surface area contributed by atoms with E-state index in [1.165, 1.54) is 19.4 Å². The minimum absolute atomic E-state index is 0.0110. The topological polar surface area (TPSA) is 138 Å². The quantitative estimate of drug-likeness (QED) is 0.148. The molecule has 0 unspecified atom stereocenters. The van der Waals surface area contributed by atoms with Crippen LogP contribution in [0.2, 0.25) is 0 Å². The summed E-state index contributed by atoms with van der Waals surface area (Å²) in [6.45, 7) is 1.23. The molecule has 1 heterocycles. The van der Waals surface area contributed by atoms with Gasteiger partial charge in [-0.05, 0) is 31.2 Å². The number of hydrogen-bond donors (Lipinski definition) is 0. The largest absolute Gasteiger partial charge is 0.493 e. The number of nitro groups is 1. The van der Waals surface area contributed by atoms with Crippen molar-refractivity contribution in [3.05, 3.63) is 40.0 Å². The molecule has 3 aliphatic rings. The minimum atomic E-state index is -0.694. The summed E-state index contributed by atoms with van der Waals surface area (Å²) in [5.74, 6) is -2.33. The first-order valence-electron chi connectivity index (χ1n) is 10.1. The fraction of sp³-hybridized carbons (Fsp3) is 0.429. The van der Waals surface area contributed by atoms with E-state index in [1.807, 2.05) is 12.2 Å². The van der Waals surface area contributed by atoms with Crippen molar-refractivity contribution in [1.29, 1.82) is 0 Å². The molecule has 4 atom stereocenters. The fourth-order valence-corrected chi connectivity index (χ4v) is 4.57. The summed E-state index contributed by atoms with van der Waals surface area (Å²) in [5.41, 5.74) is -0.246. The zero-order valence-corrected chi connectivity index (χ0v) is 17.4. The number of hydrogen-bond acceptors (Lipinski definition) is 9. The van der Waals surface area contributed by atoms with Gasteiger partial charge in [0.1, 0.15) is 0 Å². The Kier molecular flexibility index (Phi) is 5.64. The molecule has 2 fully saturated rings. The average Bonchev–Trinajstić information content (AvgIpc) is 3.45. The molecule has 2 amide bonds. The van der Waals surface area contributed by atoms with Crippen LogP contribution in [0, 0.1) is 33.8 Å². The van der Waals surface area contributed by atoms with Gasteiger partial charge in [0.05, 0.1) is 36.7 Å². The van der Waals surface area contributed by atoms with E-state index < -0.39 is 35.0 Å². The van der Waals surface area contributed by atoms with Crippen LogP contribution in [0.15, 0.2) is 29.4 Å². The van der Waals surface area contributed by atoms with Crippen LogP contribution in [0.25, 0.3) is 0 Å². The van der Waals surface area contributed by atoms with E-state index >= 15 is 0 Å². The van der Waals surface area contributed by atoms with Crippen molar-refractivity contribution in [2.45, 2.75) is 13.3 Å². The number of benzene rings is 1. The summed E-state index contributed by atoms with van der Waals surface area (Å²) in [6, 6.07) is 2.55. The summed E-state index contributed by atoms with van der Waals surface area (Å²) in [5, 5.41) is 16.5. The molecule has 11 heteroatoms. The Morgan fingerprint density at radius 1 is 1.25 bits per heavy atom. The van der Waals surface area contributed by atoms with E-state index in [-0.39, 0.29) is 47.3 Å². The third-order valence-corrected chi connectivity index (χ3v) is 5.88. The normalized spacial score (nSPS) is 25.5. The van der Waals surface area contributed by atoms with Crippen LogP contribution in [0.1, 0.15) is 18.9 Å². The maximum Gasteiger partial charge on any atom is 0.344 e. The molecule has 0 aromatic heterocycles. The van der Waals surface area contributed by atoms with Gasteiger partial charge in [-0.1, -0.05) is 12.2 Å². The molecule has 1 aromatic carbocycles. The third-order valence-electron chi connectivity index (χ3n) is 5.88. The highest BCUT2D eigenvalue weighted by molar-refractivity contribution is 6.06. The lowest BCUT2D eigenvalue weighted by atomic mass is 9.85. The zero-order valence-electron chi connectivity index (χ0n) is 17.4. The Balaban J connectivity index is 1.58. The van der Waals surface area contributed by atoms with Gasteiger partial charge in [-0.2, -0.15) is 10.1 Å². The van der Waals surface area contributed by atoms with E-state index in [4.69, 9.17) is 14.2 Å². The fourth-order valence-electron chi connectivity index (χ4n) is 4.57. The lowest BCUT2D eigenvalue weighted by Crippen LogP contribution is -2.28. The van der Waals surface area contributed by atoms with Crippen molar-refractivity contribution < 1.29 is 33.5 Å². The second-order valence-corrected chi connectivity index (χ2v) is 7.65. The lowest BCUT2D eigenvalue weighted by molar-refractivity contribution is -0.385. The number of fused-ring (bicyclic) bond motifs is 5. The first-order valence-corrected chi connectivity index (χ1v) is 10.1. The summed E-state index contributed by atoms with van der Waals surface area (Å²) in [7, 11) is 1.29. The average molecular weight is 443 g/mol. The number of nitro benzene ring substituents is 1. The number of nitrogens with zero attached hydrogens (tertiary/aromatic N) is 3. The standard InChI is InChI=1S/C21H21N3O8/c1-3-31-16(25)10-32-19-14(24(28)29)6-11(7-15(19)30-2)9-22-23-20(26)17-12-4-5-13(8-12)18(17)21(23)27/h4-7,9,12-13,17-18H,3,8,10H2,1-2H3/t12-,13-,17-,18+/m0/s1. The third kappa shape index (κ3) is 3.59. The number of ether oxygens (including phenoxy) is 3. The predicted molar refractivity (Wildman–Crippen MR) is 109 cm³/mol. The molecule has 4 rings (SSSR count). The number of rotatable bonds is 8. The van der Waals surface area contributed by atoms with E-state index in [0.717, 1.165) is 17.5 Å². The van der Waals surface area contributed by atoms with Crippen LogP contribution in [-0.4, -0.2) is 54.3 Å². The van der Waals surface area contributed by atoms with Gasteiger partial charge in [-0.3, -0.25) is 19.7 Å². The number of carbonyl (C=O) groups excluding carboxylic acids is 3. The molecule has 0 radical (unpaired) electrons. The summed E-state index contributed by atoms with van der Waals surface area (Å²) < 4.78 is 15.2. The maximum atomic E-state index is 12.7. The molecule has 1 saturated heterocycles. The summed E-state index contributed by atoms with van der Waals surface area (Å²) in [4.78, 5) is 47.9. The number of amides is 2. The number of hydrazone groups is 1. The lowest BCUT2D eigenvalue weighted by Gasteiger charge is -2.13. The van der Waals surface area contributed by atoms with Gasteiger partial charge in [0.15, 0.2) is 12.4 Å². The van der Waals surface area contributed by atoms with Crippen molar-refractivity contribution in [1.82, 2.24) is 5.01 Å².